The average molecular weight is 724 g/mol. The Labute approximate surface area is 313 Å². The van der Waals surface area contributed by atoms with Crippen LogP contribution in [0.5, 0.6) is 0 Å². The van der Waals surface area contributed by atoms with Crippen molar-refractivity contribution in [1.82, 2.24) is 5.32 Å². The third-order valence-corrected chi connectivity index (χ3v) is 14.1. The molecule has 1 aromatic rings. The van der Waals surface area contributed by atoms with Gasteiger partial charge < -0.3 is 24.6 Å². The second-order valence-corrected chi connectivity index (χ2v) is 19.6. The molecule has 4 aliphatic rings. The second kappa shape index (κ2) is 16.0. The van der Waals surface area contributed by atoms with Gasteiger partial charge in [0, 0.05) is 13.0 Å². The van der Waals surface area contributed by atoms with Crippen LogP contribution in [-0.2, 0) is 30.4 Å². The summed E-state index contributed by atoms with van der Waals surface area (Å²) < 4.78 is 17.2. The minimum absolute atomic E-state index is 0.0621. The van der Waals surface area contributed by atoms with E-state index in [0.29, 0.717) is 54.9 Å². The average Bonchev–Trinajstić information content (AvgIpc) is 3.42. The lowest BCUT2D eigenvalue weighted by molar-refractivity contribution is -0.174. The molecule has 1 aromatic carbocycles. The first-order valence-electron chi connectivity index (χ1n) is 20.4. The number of alkyl carbamates (subject to hydrolysis) is 1. The van der Waals surface area contributed by atoms with Crippen molar-refractivity contribution in [3.05, 3.63) is 35.9 Å². The van der Waals surface area contributed by atoms with E-state index < -0.39 is 17.1 Å². The fourth-order valence-electron chi connectivity index (χ4n) is 11.6. The van der Waals surface area contributed by atoms with Gasteiger partial charge in [-0.05, 0) is 157 Å². The molecule has 4 aliphatic carbocycles. The van der Waals surface area contributed by atoms with Gasteiger partial charge in [0.15, 0.2) is 0 Å². The van der Waals surface area contributed by atoms with Crippen molar-refractivity contribution in [2.45, 2.75) is 157 Å². The summed E-state index contributed by atoms with van der Waals surface area (Å²) in [6.45, 7) is 19.5. The van der Waals surface area contributed by atoms with Gasteiger partial charge >= 0.3 is 18.0 Å². The molecular formula is C44H69NO7. The van der Waals surface area contributed by atoms with Crippen LogP contribution >= 0.6 is 0 Å². The molecule has 0 spiro atoms. The van der Waals surface area contributed by atoms with Gasteiger partial charge in [-0.25, -0.2) is 4.79 Å². The summed E-state index contributed by atoms with van der Waals surface area (Å²) in [6.07, 6.45) is 9.10. The van der Waals surface area contributed by atoms with Gasteiger partial charge in [-0.1, -0.05) is 58.0 Å². The molecule has 5 rings (SSSR count). The van der Waals surface area contributed by atoms with E-state index in [-0.39, 0.29) is 47.5 Å². The normalized spacial score (nSPS) is 34.2. The molecule has 4 saturated carbocycles. The zero-order valence-corrected chi connectivity index (χ0v) is 33.7. The molecule has 0 aromatic heterocycles. The summed E-state index contributed by atoms with van der Waals surface area (Å²) in [4.78, 5) is 38.4. The molecule has 0 saturated heterocycles. The number of aliphatic hydroxyl groups is 1. The highest BCUT2D eigenvalue weighted by atomic mass is 16.6. The third-order valence-electron chi connectivity index (χ3n) is 14.1. The van der Waals surface area contributed by atoms with Gasteiger partial charge in [0.25, 0.3) is 0 Å². The molecular weight excluding hydrogens is 654 g/mol. The maximum absolute atomic E-state index is 13.0. The quantitative estimate of drug-likeness (QED) is 0.163. The van der Waals surface area contributed by atoms with E-state index in [4.69, 9.17) is 14.2 Å². The van der Waals surface area contributed by atoms with Crippen molar-refractivity contribution in [2.75, 3.05) is 6.54 Å². The van der Waals surface area contributed by atoms with Crippen LogP contribution in [0, 0.1) is 57.7 Å². The first kappa shape index (κ1) is 40.6. The summed E-state index contributed by atoms with van der Waals surface area (Å²) in [5, 5.41) is 14.8. The maximum Gasteiger partial charge on any atom is 0.407 e. The van der Waals surface area contributed by atoms with Gasteiger partial charge in [0.1, 0.15) is 18.3 Å². The molecule has 52 heavy (non-hydrogen) atoms. The number of ether oxygens (including phenoxy) is 3. The summed E-state index contributed by atoms with van der Waals surface area (Å²) in [7, 11) is 0. The first-order chi connectivity index (χ1) is 24.3. The Morgan fingerprint density at radius 3 is 2.29 bits per heavy atom. The summed E-state index contributed by atoms with van der Waals surface area (Å²) in [5.74, 6) is 2.34. The number of rotatable bonds is 12. The van der Waals surface area contributed by atoms with Crippen molar-refractivity contribution in [3.8, 4) is 0 Å². The van der Waals surface area contributed by atoms with E-state index in [0.717, 1.165) is 50.5 Å². The van der Waals surface area contributed by atoms with Crippen LogP contribution in [-0.4, -0.2) is 47.5 Å². The largest absolute Gasteiger partial charge is 0.460 e. The molecule has 2 N–H and O–H groups in total. The number of aliphatic hydroxyl groups excluding tert-OH is 1. The highest BCUT2D eigenvalue weighted by Gasteiger charge is 2.63. The number of carbonyl (C=O) groups excluding carboxylic acids is 3. The fourth-order valence-corrected chi connectivity index (χ4v) is 11.6. The molecule has 11 atom stereocenters. The van der Waals surface area contributed by atoms with Crippen molar-refractivity contribution < 1.29 is 33.7 Å². The van der Waals surface area contributed by atoms with E-state index in [9.17, 15) is 19.5 Å². The van der Waals surface area contributed by atoms with Gasteiger partial charge in [-0.2, -0.15) is 0 Å². The molecule has 1 amide bonds. The number of amides is 1. The molecule has 8 heteroatoms. The SMILES string of the molecule is CC(CNC(=O)O[C@@H]1CC[C@@]2(C)C(C1)C[C@@H](O)C1C2CC[C@@]2(C)C1CCC2[C@H](C)CCC(=O)OC(C)(C)C)CC(C)(C)C(=O)OCc1ccccc1. The van der Waals surface area contributed by atoms with Crippen LogP contribution in [0.3, 0.4) is 0 Å². The molecule has 6 unspecified atom stereocenters. The summed E-state index contributed by atoms with van der Waals surface area (Å²) >= 11 is 0. The standard InChI is InChI=1S/C44H69NO7/c1-28(25-42(6,7)39(48)50-27-30-13-11-10-12-14-30)26-45-40(49)51-32-19-21-43(8)31(23-32)24-36(46)38-34-17-16-33(44(34,9)22-20-35(38)43)29(2)15-18-37(47)52-41(3,4)5/h10-14,28-29,31-36,38,46H,15-27H2,1-9H3,(H,45,49)/t28?,29-,31?,32-,33?,34?,35?,36-,38?,43+,44-/m1/s1. The van der Waals surface area contributed by atoms with Crippen molar-refractivity contribution in [2.24, 2.45) is 57.7 Å². The monoisotopic (exact) mass is 724 g/mol. The number of hydrogen-bond donors (Lipinski definition) is 2. The molecule has 0 bridgehead atoms. The van der Waals surface area contributed by atoms with Crippen LogP contribution in [0.15, 0.2) is 30.3 Å². The van der Waals surface area contributed by atoms with Crippen molar-refractivity contribution >= 4 is 18.0 Å². The zero-order valence-electron chi connectivity index (χ0n) is 33.7. The maximum atomic E-state index is 13.0. The van der Waals surface area contributed by atoms with Crippen LogP contribution in [0.2, 0.25) is 0 Å². The highest BCUT2D eigenvalue weighted by molar-refractivity contribution is 5.76. The Hall–Kier alpha value is -2.61. The predicted octanol–water partition coefficient (Wildman–Crippen LogP) is 9.26. The van der Waals surface area contributed by atoms with E-state index in [1.165, 1.54) is 12.8 Å². The number of hydrogen-bond acceptors (Lipinski definition) is 7. The highest BCUT2D eigenvalue weighted by Crippen LogP contribution is 2.68. The van der Waals surface area contributed by atoms with E-state index in [2.05, 4.69) is 26.1 Å². The van der Waals surface area contributed by atoms with Crippen molar-refractivity contribution in [3.63, 3.8) is 0 Å². The van der Waals surface area contributed by atoms with Gasteiger partial charge in [0.05, 0.1) is 11.5 Å². The summed E-state index contributed by atoms with van der Waals surface area (Å²) in [5.41, 5.74) is 0.149. The van der Waals surface area contributed by atoms with E-state index >= 15 is 0 Å². The topological polar surface area (TPSA) is 111 Å². The number of benzene rings is 1. The second-order valence-electron chi connectivity index (χ2n) is 19.6. The third kappa shape index (κ3) is 9.18. The Morgan fingerprint density at radius 1 is 0.923 bits per heavy atom. The van der Waals surface area contributed by atoms with Gasteiger partial charge in [-0.15, -0.1) is 0 Å². The van der Waals surface area contributed by atoms with E-state index in [1.54, 1.807) is 0 Å². The van der Waals surface area contributed by atoms with Crippen LogP contribution in [0.25, 0.3) is 0 Å². The lowest BCUT2D eigenvalue weighted by Gasteiger charge is -2.62. The summed E-state index contributed by atoms with van der Waals surface area (Å²) in [6, 6.07) is 9.67. The lowest BCUT2D eigenvalue weighted by Crippen LogP contribution is -2.59. The van der Waals surface area contributed by atoms with Gasteiger partial charge in [-0.3, -0.25) is 9.59 Å². The lowest BCUT2D eigenvalue weighted by atomic mass is 9.43. The molecule has 0 heterocycles. The Balaban J connectivity index is 1.09. The minimum atomic E-state index is -0.677. The Morgan fingerprint density at radius 2 is 1.60 bits per heavy atom. The van der Waals surface area contributed by atoms with Gasteiger partial charge in [0.2, 0.25) is 0 Å². The number of esters is 2. The van der Waals surface area contributed by atoms with Crippen molar-refractivity contribution in [1.29, 1.82) is 0 Å². The number of nitrogens with one attached hydrogen (secondary N) is 1. The Bertz CT molecular complexity index is 1390. The minimum Gasteiger partial charge on any atom is -0.460 e. The fraction of sp³-hybridized carbons (Fsp3) is 0.795. The molecule has 0 radical (unpaired) electrons. The van der Waals surface area contributed by atoms with Crippen LogP contribution in [0.4, 0.5) is 4.79 Å². The molecule has 8 nitrogen and oxygen atoms in total. The molecule has 0 aliphatic heterocycles. The van der Waals surface area contributed by atoms with E-state index in [1.807, 2.05) is 71.9 Å². The molecule has 292 valence electrons. The van der Waals surface area contributed by atoms with Crippen LogP contribution < -0.4 is 5.32 Å². The predicted molar refractivity (Wildman–Crippen MR) is 203 cm³/mol. The number of fused-ring (bicyclic) bond motifs is 5. The zero-order chi connectivity index (χ0) is 38.1. The Kier molecular flexibility index (Phi) is 12.5. The molecule has 4 fully saturated rings. The smallest absolute Gasteiger partial charge is 0.407 e. The number of carbonyl (C=O) groups is 3. The van der Waals surface area contributed by atoms with Crippen LogP contribution in [0.1, 0.15) is 139 Å². The first-order valence-corrected chi connectivity index (χ1v) is 20.4.